The Morgan fingerprint density at radius 2 is 1.96 bits per heavy atom. The Balaban J connectivity index is 2.09. The van der Waals surface area contributed by atoms with Crippen LogP contribution in [0.25, 0.3) is 10.9 Å². The number of aryl methyl sites for hydroxylation is 3. The van der Waals surface area contributed by atoms with Gasteiger partial charge in [0.1, 0.15) is 11.4 Å². The molecule has 0 unspecified atom stereocenters. The molecule has 0 aliphatic carbocycles. The lowest BCUT2D eigenvalue weighted by Gasteiger charge is -2.13. The van der Waals surface area contributed by atoms with Crippen molar-refractivity contribution in [2.45, 2.75) is 27.3 Å². The maximum atomic E-state index is 13.0. The number of nitrogens with one attached hydrogen (secondary N) is 1. The maximum absolute atomic E-state index is 13.0. The molecule has 1 aromatic heterocycles. The minimum atomic E-state index is -0.157. The molecule has 3 aromatic rings. The van der Waals surface area contributed by atoms with Gasteiger partial charge >= 0.3 is 0 Å². The van der Waals surface area contributed by atoms with Gasteiger partial charge in [-0.05, 0) is 62.2 Å². The van der Waals surface area contributed by atoms with Crippen LogP contribution >= 0.6 is 11.6 Å². The van der Waals surface area contributed by atoms with Crippen LogP contribution in [0.3, 0.4) is 0 Å². The fraction of sp³-hybridized carbons (Fsp3) is 0.250. The molecule has 5 heteroatoms. The fourth-order valence-electron chi connectivity index (χ4n) is 3.22. The van der Waals surface area contributed by atoms with E-state index in [0.717, 1.165) is 22.0 Å². The summed E-state index contributed by atoms with van der Waals surface area (Å²) < 4.78 is 7.37. The maximum Gasteiger partial charge on any atom is 0.272 e. The van der Waals surface area contributed by atoms with Gasteiger partial charge in [0.2, 0.25) is 0 Å². The number of fused-ring (bicyclic) bond motifs is 1. The predicted molar refractivity (Wildman–Crippen MR) is 103 cm³/mol. The number of hydrogen-bond donors (Lipinski definition) is 1. The van der Waals surface area contributed by atoms with Gasteiger partial charge in [0.05, 0.1) is 12.8 Å². The SMILES string of the molecule is CCn1c(C(=O)Nc2cc(C)ccc2OC)c(C)c2cc(Cl)ccc21. The molecule has 1 heterocycles. The van der Waals surface area contributed by atoms with Crippen molar-refractivity contribution in [1.82, 2.24) is 4.57 Å². The lowest BCUT2D eigenvalue weighted by molar-refractivity contribution is 0.101. The molecule has 0 saturated carbocycles. The quantitative estimate of drug-likeness (QED) is 0.698. The molecule has 1 amide bonds. The number of rotatable bonds is 4. The van der Waals surface area contributed by atoms with Crippen molar-refractivity contribution < 1.29 is 9.53 Å². The fourth-order valence-corrected chi connectivity index (χ4v) is 3.39. The Kier molecular flexibility index (Phi) is 4.73. The van der Waals surface area contributed by atoms with E-state index in [1.54, 1.807) is 7.11 Å². The molecule has 0 atom stereocenters. The predicted octanol–water partition coefficient (Wildman–Crippen LogP) is 5.19. The summed E-state index contributed by atoms with van der Waals surface area (Å²) in [5, 5.41) is 4.65. The van der Waals surface area contributed by atoms with Gasteiger partial charge in [-0.2, -0.15) is 0 Å². The number of carbonyl (C=O) groups excluding carboxylic acids is 1. The summed E-state index contributed by atoms with van der Waals surface area (Å²) in [5.41, 5.74) is 4.28. The zero-order valence-corrected chi connectivity index (χ0v) is 15.6. The monoisotopic (exact) mass is 356 g/mol. The van der Waals surface area contributed by atoms with Crippen LogP contribution in [0.2, 0.25) is 5.02 Å². The highest BCUT2D eigenvalue weighted by atomic mass is 35.5. The van der Waals surface area contributed by atoms with E-state index in [0.29, 0.717) is 28.7 Å². The Hall–Kier alpha value is -2.46. The number of anilines is 1. The molecular weight excluding hydrogens is 336 g/mol. The molecule has 25 heavy (non-hydrogen) atoms. The van der Waals surface area contributed by atoms with E-state index >= 15 is 0 Å². The van der Waals surface area contributed by atoms with Gasteiger partial charge in [-0.1, -0.05) is 17.7 Å². The van der Waals surface area contributed by atoms with Gasteiger partial charge in [0, 0.05) is 22.5 Å². The summed E-state index contributed by atoms with van der Waals surface area (Å²) in [6.45, 7) is 6.65. The highest BCUT2D eigenvalue weighted by Crippen LogP contribution is 2.30. The normalized spacial score (nSPS) is 10.9. The molecule has 0 aliphatic heterocycles. The number of benzene rings is 2. The van der Waals surface area contributed by atoms with Gasteiger partial charge in [-0.15, -0.1) is 0 Å². The van der Waals surface area contributed by atoms with E-state index in [4.69, 9.17) is 16.3 Å². The molecule has 0 aliphatic rings. The second kappa shape index (κ2) is 6.81. The van der Waals surface area contributed by atoms with Gasteiger partial charge in [0.25, 0.3) is 5.91 Å². The van der Waals surface area contributed by atoms with E-state index < -0.39 is 0 Å². The van der Waals surface area contributed by atoms with E-state index in [-0.39, 0.29) is 5.91 Å². The Bertz CT molecular complexity index is 960. The molecule has 0 radical (unpaired) electrons. The van der Waals surface area contributed by atoms with Crippen LogP contribution in [0.5, 0.6) is 5.75 Å². The Labute approximate surface area is 152 Å². The highest BCUT2D eigenvalue weighted by molar-refractivity contribution is 6.31. The number of halogens is 1. The third kappa shape index (κ3) is 3.10. The molecule has 130 valence electrons. The van der Waals surface area contributed by atoms with E-state index in [9.17, 15) is 4.79 Å². The standard InChI is InChI=1S/C20H21ClN2O2/c1-5-23-17-8-7-14(21)11-15(17)13(3)19(23)20(24)22-16-10-12(2)6-9-18(16)25-4/h6-11H,5H2,1-4H3,(H,22,24). The van der Waals surface area contributed by atoms with Crippen molar-refractivity contribution in [2.24, 2.45) is 0 Å². The molecule has 0 bridgehead atoms. The molecule has 0 fully saturated rings. The van der Waals surface area contributed by atoms with Crippen LogP contribution < -0.4 is 10.1 Å². The number of aromatic nitrogens is 1. The summed E-state index contributed by atoms with van der Waals surface area (Å²) in [5.74, 6) is 0.481. The summed E-state index contributed by atoms with van der Waals surface area (Å²) in [6, 6.07) is 11.4. The third-order valence-electron chi connectivity index (χ3n) is 4.41. The molecule has 3 rings (SSSR count). The van der Waals surface area contributed by atoms with Crippen LogP contribution in [0.1, 0.15) is 28.5 Å². The Morgan fingerprint density at radius 1 is 1.20 bits per heavy atom. The largest absolute Gasteiger partial charge is 0.495 e. The zero-order chi connectivity index (χ0) is 18.1. The first-order chi connectivity index (χ1) is 12.0. The number of methoxy groups -OCH3 is 1. The zero-order valence-electron chi connectivity index (χ0n) is 14.8. The highest BCUT2D eigenvalue weighted by Gasteiger charge is 2.20. The van der Waals surface area contributed by atoms with Crippen molar-refractivity contribution in [3.8, 4) is 5.75 Å². The van der Waals surface area contributed by atoms with Crippen LogP contribution in [0.4, 0.5) is 5.69 Å². The summed E-state index contributed by atoms with van der Waals surface area (Å²) in [6.07, 6.45) is 0. The van der Waals surface area contributed by atoms with E-state index in [2.05, 4.69) is 5.32 Å². The smallest absolute Gasteiger partial charge is 0.272 e. The average molecular weight is 357 g/mol. The topological polar surface area (TPSA) is 43.3 Å². The summed E-state index contributed by atoms with van der Waals surface area (Å²) in [7, 11) is 1.59. The second-order valence-electron chi connectivity index (χ2n) is 6.04. The van der Waals surface area contributed by atoms with Gasteiger partial charge in [0.15, 0.2) is 0 Å². The molecule has 1 N–H and O–H groups in total. The van der Waals surface area contributed by atoms with Crippen molar-refractivity contribution in [3.63, 3.8) is 0 Å². The Morgan fingerprint density at radius 3 is 2.64 bits per heavy atom. The third-order valence-corrected chi connectivity index (χ3v) is 4.65. The van der Waals surface area contributed by atoms with Crippen molar-refractivity contribution in [3.05, 3.63) is 58.2 Å². The first-order valence-corrected chi connectivity index (χ1v) is 8.58. The number of ether oxygens (including phenoxy) is 1. The number of nitrogens with zero attached hydrogens (tertiary/aromatic N) is 1. The first-order valence-electron chi connectivity index (χ1n) is 8.20. The summed E-state index contributed by atoms with van der Waals surface area (Å²) in [4.78, 5) is 13.0. The van der Waals surface area contributed by atoms with Crippen LogP contribution in [-0.4, -0.2) is 17.6 Å². The minimum absolute atomic E-state index is 0.157. The molecule has 0 spiro atoms. The first kappa shape index (κ1) is 17.4. The van der Waals surface area contributed by atoms with E-state index in [1.165, 1.54) is 0 Å². The molecular formula is C20H21ClN2O2. The lowest BCUT2D eigenvalue weighted by Crippen LogP contribution is -2.18. The number of hydrogen-bond acceptors (Lipinski definition) is 2. The molecule has 0 saturated heterocycles. The van der Waals surface area contributed by atoms with Crippen molar-refractivity contribution >= 4 is 34.1 Å². The number of carbonyl (C=O) groups is 1. The molecule has 4 nitrogen and oxygen atoms in total. The average Bonchev–Trinajstić information content (AvgIpc) is 2.86. The lowest BCUT2D eigenvalue weighted by atomic mass is 10.1. The van der Waals surface area contributed by atoms with E-state index in [1.807, 2.05) is 61.7 Å². The van der Waals surface area contributed by atoms with Crippen LogP contribution in [-0.2, 0) is 6.54 Å². The van der Waals surface area contributed by atoms with Crippen LogP contribution in [0, 0.1) is 13.8 Å². The van der Waals surface area contributed by atoms with Crippen molar-refractivity contribution in [2.75, 3.05) is 12.4 Å². The second-order valence-corrected chi connectivity index (χ2v) is 6.47. The minimum Gasteiger partial charge on any atom is -0.495 e. The van der Waals surface area contributed by atoms with Gasteiger partial charge in [-0.3, -0.25) is 4.79 Å². The summed E-state index contributed by atoms with van der Waals surface area (Å²) >= 11 is 6.14. The number of amides is 1. The van der Waals surface area contributed by atoms with Gasteiger partial charge in [-0.25, -0.2) is 0 Å². The van der Waals surface area contributed by atoms with Gasteiger partial charge < -0.3 is 14.6 Å². The van der Waals surface area contributed by atoms with Crippen molar-refractivity contribution in [1.29, 1.82) is 0 Å². The van der Waals surface area contributed by atoms with Crippen LogP contribution in [0.15, 0.2) is 36.4 Å². The molecule has 2 aromatic carbocycles.